The van der Waals surface area contributed by atoms with E-state index in [4.69, 9.17) is 0 Å². The summed E-state index contributed by atoms with van der Waals surface area (Å²) in [5.74, 6) is 0.236. The number of aryl methyl sites for hydroxylation is 1. The van der Waals surface area contributed by atoms with Gasteiger partial charge in [-0.15, -0.1) is 0 Å². The van der Waals surface area contributed by atoms with Gasteiger partial charge in [-0.2, -0.15) is 0 Å². The molecule has 3 rings (SSSR count). The topological polar surface area (TPSA) is 74.2 Å². The van der Waals surface area contributed by atoms with Crippen molar-refractivity contribution in [2.75, 3.05) is 10.6 Å². The lowest BCUT2D eigenvalue weighted by Gasteiger charge is -2.08. The molecule has 1 aromatic heterocycles. The molecule has 1 aliphatic rings. The van der Waals surface area contributed by atoms with Crippen LogP contribution in [0, 0.1) is 6.92 Å². The zero-order chi connectivity index (χ0) is 12.7. The summed E-state index contributed by atoms with van der Waals surface area (Å²) in [7, 11) is 0. The maximum atomic E-state index is 12.0. The normalized spacial score (nSPS) is 12.8. The van der Waals surface area contributed by atoms with E-state index in [-0.39, 0.29) is 11.7 Å². The lowest BCUT2D eigenvalue weighted by Crippen LogP contribution is -2.11. The number of carbonyl (C=O) groups is 1. The summed E-state index contributed by atoms with van der Waals surface area (Å²) in [5.41, 5.74) is 2.27. The smallest absolute Gasteiger partial charge is 0.259 e. The molecule has 0 unspecified atom stereocenters. The average Bonchev–Trinajstić information content (AvgIpc) is 2.46. The van der Waals surface area contributed by atoms with Crippen LogP contribution in [-0.2, 0) is 0 Å². The number of amides is 1. The van der Waals surface area contributed by atoms with Crippen LogP contribution < -0.4 is 10.6 Å². The van der Waals surface area contributed by atoms with Crippen molar-refractivity contribution >= 4 is 23.1 Å². The molecule has 1 amide bonds. The van der Waals surface area contributed by atoms with Gasteiger partial charge in [0, 0.05) is 5.69 Å². The second kappa shape index (κ2) is 3.73. The number of aromatic hydroxyl groups is 1. The Labute approximate surface area is 103 Å². The van der Waals surface area contributed by atoms with Gasteiger partial charge in [-0.3, -0.25) is 4.79 Å². The first-order valence-electron chi connectivity index (χ1n) is 5.53. The van der Waals surface area contributed by atoms with Crippen LogP contribution in [0.5, 0.6) is 5.75 Å². The minimum atomic E-state index is -0.287. The standard InChI is InChI=1S/C13H11N3O2/c1-7-5-6-8-12(14-7)15-9-3-2-4-10(17)11(9)16-13(8)18/h2-6,17H,1H3,(H,14,15)(H,16,18). The van der Waals surface area contributed by atoms with Crippen LogP contribution in [0.4, 0.5) is 17.2 Å². The molecule has 0 radical (unpaired) electrons. The Morgan fingerprint density at radius 3 is 2.83 bits per heavy atom. The molecule has 0 bridgehead atoms. The molecule has 5 nitrogen and oxygen atoms in total. The van der Waals surface area contributed by atoms with Crippen LogP contribution in [0.1, 0.15) is 16.1 Å². The maximum Gasteiger partial charge on any atom is 0.259 e. The molecule has 0 spiro atoms. The molecule has 3 N–H and O–H groups in total. The van der Waals surface area contributed by atoms with E-state index in [2.05, 4.69) is 15.6 Å². The number of benzene rings is 1. The Morgan fingerprint density at radius 1 is 1.17 bits per heavy atom. The van der Waals surface area contributed by atoms with Crippen LogP contribution in [0.3, 0.4) is 0 Å². The third kappa shape index (κ3) is 1.57. The molecule has 5 heteroatoms. The first-order chi connectivity index (χ1) is 8.65. The summed E-state index contributed by atoms with van der Waals surface area (Å²) in [5, 5.41) is 15.5. The van der Waals surface area contributed by atoms with Crippen molar-refractivity contribution in [1.82, 2.24) is 4.98 Å². The molecule has 18 heavy (non-hydrogen) atoms. The summed E-state index contributed by atoms with van der Waals surface area (Å²) in [4.78, 5) is 16.3. The van der Waals surface area contributed by atoms with Crippen molar-refractivity contribution in [1.29, 1.82) is 0 Å². The molecule has 0 saturated carbocycles. The predicted molar refractivity (Wildman–Crippen MR) is 68.3 cm³/mol. The molecular weight excluding hydrogens is 230 g/mol. The zero-order valence-corrected chi connectivity index (χ0v) is 9.69. The number of carbonyl (C=O) groups excluding carboxylic acids is 1. The number of phenolic OH excluding ortho intramolecular Hbond substituents is 1. The Hall–Kier alpha value is -2.56. The highest BCUT2D eigenvalue weighted by molar-refractivity contribution is 6.12. The molecule has 90 valence electrons. The first kappa shape index (κ1) is 10.6. The van der Waals surface area contributed by atoms with Gasteiger partial charge in [0.2, 0.25) is 0 Å². The van der Waals surface area contributed by atoms with Crippen molar-refractivity contribution in [2.24, 2.45) is 0 Å². The van der Waals surface area contributed by atoms with Gasteiger partial charge < -0.3 is 15.7 Å². The SMILES string of the molecule is Cc1ccc2c(n1)Nc1cccc(O)c1NC2=O. The minimum absolute atomic E-state index is 0.0258. The fourth-order valence-electron chi connectivity index (χ4n) is 1.92. The van der Waals surface area contributed by atoms with Gasteiger partial charge in [0.15, 0.2) is 0 Å². The fraction of sp³-hybridized carbons (Fsp3) is 0.0769. The molecule has 1 aliphatic heterocycles. The number of nitrogens with zero attached hydrogens (tertiary/aromatic N) is 1. The summed E-state index contributed by atoms with van der Waals surface area (Å²) in [6.45, 7) is 1.86. The molecule has 1 aromatic carbocycles. The Balaban J connectivity index is 2.20. The Morgan fingerprint density at radius 2 is 2.00 bits per heavy atom. The van der Waals surface area contributed by atoms with E-state index in [9.17, 15) is 9.90 Å². The van der Waals surface area contributed by atoms with Gasteiger partial charge in [0.1, 0.15) is 17.3 Å². The fourth-order valence-corrected chi connectivity index (χ4v) is 1.92. The average molecular weight is 241 g/mol. The minimum Gasteiger partial charge on any atom is -0.506 e. The van der Waals surface area contributed by atoms with Crippen LogP contribution in [0.2, 0.25) is 0 Å². The van der Waals surface area contributed by atoms with Crippen LogP contribution in [-0.4, -0.2) is 16.0 Å². The van der Waals surface area contributed by atoms with Gasteiger partial charge in [-0.25, -0.2) is 4.98 Å². The van der Waals surface area contributed by atoms with Crippen molar-refractivity contribution < 1.29 is 9.90 Å². The molecule has 2 aromatic rings. The van der Waals surface area contributed by atoms with Gasteiger partial charge in [-0.05, 0) is 31.2 Å². The molecule has 0 aliphatic carbocycles. The highest BCUT2D eigenvalue weighted by atomic mass is 16.3. The molecule has 0 atom stereocenters. The summed E-state index contributed by atoms with van der Waals surface area (Å²) in [6, 6.07) is 8.48. The number of fused-ring (bicyclic) bond motifs is 2. The van der Waals surface area contributed by atoms with E-state index < -0.39 is 0 Å². The number of anilines is 3. The van der Waals surface area contributed by atoms with Gasteiger partial charge in [0.05, 0.1) is 11.3 Å². The largest absolute Gasteiger partial charge is 0.506 e. The quantitative estimate of drug-likeness (QED) is 0.619. The number of para-hydroxylation sites is 1. The Bertz CT molecular complexity index is 653. The lowest BCUT2D eigenvalue weighted by molar-refractivity contribution is 0.102. The lowest BCUT2D eigenvalue weighted by atomic mass is 10.2. The third-order valence-corrected chi connectivity index (χ3v) is 2.81. The molecule has 0 fully saturated rings. The number of pyridine rings is 1. The monoisotopic (exact) mass is 241 g/mol. The van der Waals surface area contributed by atoms with Gasteiger partial charge in [-0.1, -0.05) is 6.07 Å². The number of hydrogen-bond donors (Lipinski definition) is 3. The number of aromatic nitrogens is 1. The Kier molecular flexibility index (Phi) is 2.19. The predicted octanol–water partition coefficient (Wildman–Crippen LogP) is 2.40. The van der Waals surface area contributed by atoms with Crippen molar-refractivity contribution in [2.45, 2.75) is 6.92 Å². The highest BCUT2D eigenvalue weighted by Gasteiger charge is 2.21. The molecular formula is C13H11N3O2. The van der Waals surface area contributed by atoms with Gasteiger partial charge >= 0.3 is 0 Å². The highest BCUT2D eigenvalue weighted by Crippen LogP contribution is 2.36. The summed E-state index contributed by atoms with van der Waals surface area (Å²) < 4.78 is 0. The number of hydrogen-bond acceptors (Lipinski definition) is 4. The van der Waals surface area contributed by atoms with E-state index in [0.717, 1.165) is 5.69 Å². The van der Waals surface area contributed by atoms with E-state index in [1.54, 1.807) is 24.3 Å². The van der Waals surface area contributed by atoms with E-state index in [1.807, 2.05) is 6.92 Å². The number of rotatable bonds is 0. The van der Waals surface area contributed by atoms with E-state index in [1.165, 1.54) is 6.07 Å². The third-order valence-electron chi connectivity index (χ3n) is 2.81. The van der Waals surface area contributed by atoms with E-state index >= 15 is 0 Å². The van der Waals surface area contributed by atoms with Crippen LogP contribution in [0.25, 0.3) is 0 Å². The zero-order valence-electron chi connectivity index (χ0n) is 9.69. The summed E-state index contributed by atoms with van der Waals surface area (Å²) >= 11 is 0. The van der Waals surface area contributed by atoms with Crippen molar-refractivity contribution in [3.8, 4) is 5.75 Å². The first-order valence-corrected chi connectivity index (χ1v) is 5.53. The number of phenols is 1. The summed E-state index contributed by atoms with van der Waals surface area (Å²) in [6.07, 6.45) is 0. The second-order valence-corrected chi connectivity index (χ2v) is 4.13. The second-order valence-electron chi connectivity index (χ2n) is 4.13. The van der Waals surface area contributed by atoms with Crippen LogP contribution in [0.15, 0.2) is 30.3 Å². The molecule has 2 heterocycles. The van der Waals surface area contributed by atoms with Crippen molar-refractivity contribution in [3.63, 3.8) is 0 Å². The van der Waals surface area contributed by atoms with Crippen molar-refractivity contribution in [3.05, 3.63) is 41.6 Å². The van der Waals surface area contributed by atoms with Crippen LogP contribution >= 0.6 is 0 Å². The number of nitrogens with one attached hydrogen (secondary N) is 2. The van der Waals surface area contributed by atoms with Gasteiger partial charge in [0.25, 0.3) is 5.91 Å². The molecule has 0 saturated heterocycles. The maximum absolute atomic E-state index is 12.0. The van der Waals surface area contributed by atoms with E-state index in [0.29, 0.717) is 22.8 Å².